The predicted octanol–water partition coefficient (Wildman–Crippen LogP) is 1.75. The first-order valence-corrected chi connectivity index (χ1v) is 5.18. The number of likely N-dealkylation sites (tertiary alicyclic amines) is 1. The lowest BCUT2D eigenvalue weighted by Gasteiger charge is -2.40. The van der Waals surface area contributed by atoms with Crippen molar-refractivity contribution >= 4 is 0 Å². The van der Waals surface area contributed by atoms with Crippen LogP contribution in [0.15, 0.2) is 0 Å². The van der Waals surface area contributed by atoms with Crippen molar-refractivity contribution in [3.63, 3.8) is 0 Å². The molecule has 0 spiro atoms. The molecule has 2 aliphatic heterocycles. The van der Waals surface area contributed by atoms with Gasteiger partial charge in [0.25, 0.3) is 0 Å². The highest BCUT2D eigenvalue weighted by Gasteiger charge is 2.31. The van der Waals surface area contributed by atoms with Gasteiger partial charge in [0.05, 0.1) is 6.61 Å². The van der Waals surface area contributed by atoms with E-state index in [1.807, 2.05) is 13.8 Å². The summed E-state index contributed by atoms with van der Waals surface area (Å²) in [6.45, 7) is 10.9. The Bertz CT molecular complexity index is 115. The molecule has 0 bridgehead atoms. The molecule has 0 saturated carbocycles. The zero-order valence-corrected chi connectivity index (χ0v) is 8.55. The van der Waals surface area contributed by atoms with Gasteiger partial charge in [0.1, 0.15) is 0 Å². The second kappa shape index (κ2) is 4.83. The molecule has 2 aliphatic rings. The zero-order chi connectivity index (χ0) is 8.97. The molecule has 0 aromatic carbocycles. The molecule has 2 saturated heterocycles. The molecule has 72 valence electrons. The van der Waals surface area contributed by atoms with Gasteiger partial charge in [-0.05, 0) is 12.3 Å². The number of ether oxygens (including phenoxy) is 1. The Labute approximate surface area is 75.9 Å². The molecule has 0 aliphatic carbocycles. The maximum absolute atomic E-state index is 5.31. The first-order valence-electron chi connectivity index (χ1n) is 5.18. The topological polar surface area (TPSA) is 12.5 Å². The van der Waals surface area contributed by atoms with E-state index in [2.05, 4.69) is 11.8 Å². The maximum Gasteiger partial charge on any atom is 0.0622 e. The quantitative estimate of drug-likeness (QED) is 0.596. The molecule has 2 fully saturated rings. The van der Waals surface area contributed by atoms with Crippen LogP contribution in [0.3, 0.4) is 0 Å². The third-order valence-electron chi connectivity index (χ3n) is 2.51. The summed E-state index contributed by atoms with van der Waals surface area (Å²) in [5.41, 5.74) is 0. The average Bonchev–Trinajstić information content (AvgIpc) is 2.55. The summed E-state index contributed by atoms with van der Waals surface area (Å²) in [6, 6.07) is 0.760. The molecule has 1 atom stereocenters. The fraction of sp³-hybridized carbons (Fsp3) is 1.00. The Morgan fingerprint density at radius 1 is 1.25 bits per heavy atom. The molecular weight excluding hydrogens is 150 g/mol. The number of hydrogen-bond donors (Lipinski definition) is 0. The minimum Gasteiger partial charge on any atom is -0.380 e. The van der Waals surface area contributed by atoms with E-state index >= 15 is 0 Å². The molecule has 12 heavy (non-hydrogen) atoms. The molecule has 0 aromatic rings. The second-order valence-electron chi connectivity index (χ2n) is 3.58. The summed E-state index contributed by atoms with van der Waals surface area (Å²) < 4.78 is 5.31. The highest BCUT2D eigenvalue weighted by atomic mass is 16.5. The Morgan fingerprint density at radius 2 is 1.92 bits per heavy atom. The first-order chi connectivity index (χ1) is 5.86. The van der Waals surface area contributed by atoms with Crippen molar-refractivity contribution < 1.29 is 4.74 Å². The summed E-state index contributed by atoms with van der Waals surface area (Å²) in [4.78, 5) is 2.54. The van der Waals surface area contributed by atoms with Crippen LogP contribution in [-0.2, 0) is 4.74 Å². The normalized spacial score (nSPS) is 30.8. The van der Waals surface area contributed by atoms with Gasteiger partial charge >= 0.3 is 0 Å². The molecule has 0 radical (unpaired) electrons. The van der Waals surface area contributed by atoms with Crippen LogP contribution in [0.25, 0.3) is 0 Å². The van der Waals surface area contributed by atoms with E-state index < -0.39 is 0 Å². The van der Waals surface area contributed by atoms with Gasteiger partial charge in [0.15, 0.2) is 0 Å². The highest BCUT2D eigenvalue weighted by Crippen LogP contribution is 2.22. The van der Waals surface area contributed by atoms with Crippen molar-refractivity contribution in [3.8, 4) is 0 Å². The average molecular weight is 171 g/mol. The predicted molar refractivity (Wildman–Crippen MR) is 51.3 cm³/mol. The molecule has 0 N–H and O–H groups in total. The van der Waals surface area contributed by atoms with Crippen LogP contribution in [0.1, 0.15) is 27.2 Å². The molecule has 2 heterocycles. The molecule has 2 nitrogen and oxygen atoms in total. The van der Waals surface area contributed by atoms with Crippen LogP contribution in [0, 0.1) is 5.92 Å². The molecule has 2 heteroatoms. The van der Waals surface area contributed by atoms with E-state index in [0.717, 1.165) is 25.2 Å². The van der Waals surface area contributed by atoms with E-state index in [-0.39, 0.29) is 0 Å². The Balaban J connectivity index is 0.000000336. The minimum absolute atomic E-state index is 0.760. The summed E-state index contributed by atoms with van der Waals surface area (Å²) in [5.74, 6) is 0.931. The van der Waals surface area contributed by atoms with Gasteiger partial charge in [0, 0.05) is 25.7 Å². The second-order valence-corrected chi connectivity index (χ2v) is 3.58. The van der Waals surface area contributed by atoms with Crippen LogP contribution in [0.5, 0.6) is 0 Å². The maximum atomic E-state index is 5.31. The standard InChI is InChI=1S/C8H15NO.C2H6/c1-7-4-9(5-7)8-2-3-10-6-8;1-2/h7-8H,2-6H2,1H3;1-2H3. The van der Waals surface area contributed by atoms with Crippen LogP contribution >= 0.6 is 0 Å². The third kappa shape index (κ3) is 2.20. The van der Waals surface area contributed by atoms with Crippen LogP contribution in [0.4, 0.5) is 0 Å². The minimum atomic E-state index is 0.760. The van der Waals surface area contributed by atoms with E-state index in [4.69, 9.17) is 4.74 Å². The van der Waals surface area contributed by atoms with Crippen molar-refractivity contribution in [3.05, 3.63) is 0 Å². The Hall–Kier alpha value is -0.0800. The fourth-order valence-corrected chi connectivity index (χ4v) is 1.86. The fourth-order valence-electron chi connectivity index (χ4n) is 1.86. The van der Waals surface area contributed by atoms with Crippen molar-refractivity contribution in [1.82, 2.24) is 4.90 Å². The lowest BCUT2D eigenvalue weighted by molar-refractivity contribution is 0.0536. The third-order valence-corrected chi connectivity index (χ3v) is 2.51. The van der Waals surface area contributed by atoms with E-state index in [1.165, 1.54) is 19.5 Å². The molecule has 0 aromatic heterocycles. The Kier molecular flexibility index (Phi) is 4.02. The molecule has 2 rings (SSSR count). The number of rotatable bonds is 1. The van der Waals surface area contributed by atoms with Crippen molar-refractivity contribution in [2.45, 2.75) is 33.2 Å². The molecular formula is C10H21NO. The van der Waals surface area contributed by atoms with Crippen molar-refractivity contribution in [1.29, 1.82) is 0 Å². The van der Waals surface area contributed by atoms with Gasteiger partial charge in [0.2, 0.25) is 0 Å². The van der Waals surface area contributed by atoms with E-state index in [0.29, 0.717) is 0 Å². The summed E-state index contributed by atoms with van der Waals surface area (Å²) in [5, 5.41) is 0. The Morgan fingerprint density at radius 3 is 2.33 bits per heavy atom. The van der Waals surface area contributed by atoms with Gasteiger partial charge in [-0.15, -0.1) is 0 Å². The van der Waals surface area contributed by atoms with Crippen LogP contribution < -0.4 is 0 Å². The van der Waals surface area contributed by atoms with E-state index in [1.54, 1.807) is 0 Å². The smallest absolute Gasteiger partial charge is 0.0622 e. The van der Waals surface area contributed by atoms with E-state index in [9.17, 15) is 0 Å². The lowest BCUT2D eigenvalue weighted by atomic mass is 10.00. The van der Waals surface area contributed by atoms with Gasteiger partial charge in [-0.25, -0.2) is 0 Å². The van der Waals surface area contributed by atoms with Crippen LogP contribution in [0.2, 0.25) is 0 Å². The summed E-state index contributed by atoms with van der Waals surface area (Å²) in [6.07, 6.45) is 1.26. The summed E-state index contributed by atoms with van der Waals surface area (Å²) >= 11 is 0. The largest absolute Gasteiger partial charge is 0.380 e. The number of nitrogens with zero attached hydrogens (tertiary/aromatic N) is 1. The van der Waals surface area contributed by atoms with Crippen molar-refractivity contribution in [2.24, 2.45) is 5.92 Å². The lowest BCUT2D eigenvalue weighted by Crippen LogP contribution is -2.51. The van der Waals surface area contributed by atoms with Gasteiger partial charge in [-0.2, -0.15) is 0 Å². The molecule has 1 unspecified atom stereocenters. The SMILES string of the molecule is CC.CC1CN(C2CCOC2)C1. The molecule has 0 amide bonds. The van der Waals surface area contributed by atoms with Gasteiger partial charge < -0.3 is 4.74 Å². The number of hydrogen-bond acceptors (Lipinski definition) is 2. The van der Waals surface area contributed by atoms with Crippen molar-refractivity contribution in [2.75, 3.05) is 26.3 Å². The highest BCUT2D eigenvalue weighted by molar-refractivity contribution is 4.84. The van der Waals surface area contributed by atoms with Gasteiger partial charge in [-0.3, -0.25) is 4.90 Å². The van der Waals surface area contributed by atoms with Gasteiger partial charge in [-0.1, -0.05) is 20.8 Å². The zero-order valence-electron chi connectivity index (χ0n) is 8.55. The summed E-state index contributed by atoms with van der Waals surface area (Å²) in [7, 11) is 0. The monoisotopic (exact) mass is 171 g/mol. The van der Waals surface area contributed by atoms with Crippen LogP contribution in [-0.4, -0.2) is 37.2 Å². The first kappa shape index (κ1) is 10.0.